The van der Waals surface area contributed by atoms with Gasteiger partial charge < -0.3 is 5.32 Å². The molecule has 0 radical (unpaired) electrons. The molecule has 2 amide bonds. The topological polar surface area (TPSA) is 71.1 Å². The molecule has 7 heteroatoms. The van der Waals surface area contributed by atoms with E-state index >= 15 is 0 Å². The Morgan fingerprint density at radius 1 is 1.04 bits per heavy atom. The fourth-order valence-corrected chi connectivity index (χ4v) is 3.11. The molecule has 0 atom stereocenters. The SMILES string of the molecule is Cc1ccc(NC(=O)Cc2csc(NC(=O)c3ccc(F)cc3)n2)cc1C. The Kier molecular flexibility index (Phi) is 5.61. The minimum Gasteiger partial charge on any atom is -0.326 e. The number of hydrogen-bond acceptors (Lipinski definition) is 4. The van der Waals surface area contributed by atoms with Crippen molar-refractivity contribution in [2.75, 3.05) is 10.6 Å². The van der Waals surface area contributed by atoms with Crippen molar-refractivity contribution in [2.45, 2.75) is 20.3 Å². The highest BCUT2D eigenvalue weighted by Crippen LogP contribution is 2.18. The number of nitrogens with zero attached hydrogens (tertiary/aromatic N) is 1. The van der Waals surface area contributed by atoms with Crippen LogP contribution in [0.3, 0.4) is 0 Å². The molecule has 0 unspecified atom stereocenters. The van der Waals surface area contributed by atoms with E-state index in [1.807, 2.05) is 32.0 Å². The number of thiazole rings is 1. The average molecular weight is 383 g/mol. The summed E-state index contributed by atoms with van der Waals surface area (Å²) in [5.41, 5.74) is 3.90. The third-order valence-corrected chi connectivity index (χ3v) is 4.82. The summed E-state index contributed by atoms with van der Waals surface area (Å²) in [5, 5.41) is 7.60. The van der Waals surface area contributed by atoms with Crippen molar-refractivity contribution in [1.29, 1.82) is 0 Å². The van der Waals surface area contributed by atoms with Gasteiger partial charge in [-0.15, -0.1) is 11.3 Å². The lowest BCUT2D eigenvalue weighted by Crippen LogP contribution is -2.15. The number of nitrogens with one attached hydrogen (secondary N) is 2. The molecule has 0 saturated heterocycles. The summed E-state index contributed by atoms with van der Waals surface area (Å²) in [6.07, 6.45) is 0.107. The van der Waals surface area contributed by atoms with Crippen LogP contribution in [0.15, 0.2) is 47.8 Å². The Bertz CT molecular complexity index is 983. The van der Waals surface area contributed by atoms with Gasteiger partial charge in [-0.05, 0) is 61.4 Å². The van der Waals surface area contributed by atoms with E-state index in [0.717, 1.165) is 16.8 Å². The van der Waals surface area contributed by atoms with Gasteiger partial charge in [0.05, 0.1) is 12.1 Å². The minimum atomic E-state index is -0.405. The van der Waals surface area contributed by atoms with Crippen LogP contribution in [-0.4, -0.2) is 16.8 Å². The zero-order chi connectivity index (χ0) is 19.4. The molecule has 1 aromatic heterocycles. The third kappa shape index (κ3) is 4.98. The normalized spacial score (nSPS) is 10.5. The van der Waals surface area contributed by atoms with Crippen LogP contribution in [0.2, 0.25) is 0 Å². The van der Waals surface area contributed by atoms with Gasteiger partial charge in [-0.3, -0.25) is 14.9 Å². The summed E-state index contributed by atoms with van der Waals surface area (Å²) in [4.78, 5) is 28.6. The number of halogens is 1. The highest BCUT2D eigenvalue weighted by atomic mass is 32.1. The van der Waals surface area contributed by atoms with Gasteiger partial charge in [-0.25, -0.2) is 9.37 Å². The second-order valence-electron chi connectivity index (χ2n) is 6.13. The van der Waals surface area contributed by atoms with Crippen molar-refractivity contribution in [3.8, 4) is 0 Å². The lowest BCUT2D eigenvalue weighted by Gasteiger charge is -2.07. The summed E-state index contributed by atoms with van der Waals surface area (Å²) in [5.74, 6) is -0.965. The van der Waals surface area contributed by atoms with Gasteiger partial charge in [0.25, 0.3) is 5.91 Å². The summed E-state index contributed by atoms with van der Waals surface area (Å²) in [6.45, 7) is 4.00. The summed E-state index contributed by atoms with van der Waals surface area (Å²) in [7, 11) is 0. The summed E-state index contributed by atoms with van der Waals surface area (Å²) >= 11 is 1.23. The number of carbonyl (C=O) groups is 2. The second-order valence-corrected chi connectivity index (χ2v) is 6.99. The Balaban J connectivity index is 1.58. The highest BCUT2D eigenvalue weighted by molar-refractivity contribution is 7.14. The maximum absolute atomic E-state index is 12.9. The monoisotopic (exact) mass is 383 g/mol. The second kappa shape index (κ2) is 8.09. The predicted molar refractivity (Wildman–Crippen MR) is 105 cm³/mol. The number of carbonyl (C=O) groups excluding carboxylic acids is 2. The van der Waals surface area contributed by atoms with E-state index in [1.54, 1.807) is 5.38 Å². The van der Waals surface area contributed by atoms with Crippen molar-refractivity contribution >= 4 is 34.0 Å². The quantitative estimate of drug-likeness (QED) is 0.689. The molecule has 0 saturated carbocycles. The van der Waals surface area contributed by atoms with Crippen molar-refractivity contribution in [3.05, 3.63) is 76.0 Å². The highest BCUT2D eigenvalue weighted by Gasteiger charge is 2.12. The average Bonchev–Trinajstić information content (AvgIpc) is 3.05. The number of hydrogen-bond donors (Lipinski definition) is 2. The standard InChI is InChI=1S/C20H18FN3O2S/c1-12-3-8-16(9-13(12)2)22-18(25)10-17-11-27-20(23-17)24-19(26)14-4-6-15(21)7-5-14/h3-9,11H,10H2,1-2H3,(H,22,25)(H,23,24,26). The number of amides is 2. The van der Waals surface area contributed by atoms with Crippen molar-refractivity contribution in [3.63, 3.8) is 0 Å². The van der Waals surface area contributed by atoms with Crippen LogP contribution in [0.1, 0.15) is 27.2 Å². The van der Waals surface area contributed by atoms with Crippen LogP contribution < -0.4 is 10.6 Å². The zero-order valence-electron chi connectivity index (χ0n) is 14.9. The molecule has 0 aliphatic carbocycles. The molecule has 27 heavy (non-hydrogen) atoms. The lowest BCUT2D eigenvalue weighted by atomic mass is 10.1. The van der Waals surface area contributed by atoms with Gasteiger partial charge in [-0.1, -0.05) is 6.07 Å². The first-order valence-corrected chi connectivity index (χ1v) is 9.17. The number of anilines is 2. The molecular formula is C20H18FN3O2S. The van der Waals surface area contributed by atoms with E-state index in [2.05, 4.69) is 15.6 Å². The molecule has 3 aromatic rings. The summed E-state index contributed by atoms with van der Waals surface area (Å²) in [6, 6.07) is 11.0. The predicted octanol–water partition coefficient (Wildman–Crippen LogP) is 4.33. The Morgan fingerprint density at radius 3 is 2.48 bits per heavy atom. The number of rotatable bonds is 5. The lowest BCUT2D eigenvalue weighted by molar-refractivity contribution is -0.115. The Hall–Kier alpha value is -3.06. The molecule has 0 fully saturated rings. The molecule has 0 bridgehead atoms. The van der Waals surface area contributed by atoms with Crippen molar-refractivity contribution < 1.29 is 14.0 Å². The third-order valence-electron chi connectivity index (χ3n) is 4.01. The van der Waals surface area contributed by atoms with E-state index in [1.165, 1.54) is 35.6 Å². The smallest absolute Gasteiger partial charge is 0.257 e. The van der Waals surface area contributed by atoms with Crippen LogP contribution in [-0.2, 0) is 11.2 Å². The largest absolute Gasteiger partial charge is 0.326 e. The number of benzene rings is 2. The molecule has 0 spiro atoms. The molecular weight excluding hydrogens is 365 g/mol. The maximum atomic E-state index is 12.9. The molecule has 0 aliphatic heterocycles. The minimum absolute atomic E-state index is 0.107. The van der Waals surface area contributed by atoms with Crippen molar-refractivity contribution in [1.82, 2.24) is 4.98 Å². The zero-order valence-corrected chi connectivity index (χ0v) is 15.7. The fourth-order valence-electron chi connectivity index (χ4n) is 2.40. The molecule has 2 aromatic carbocycles. The van der Waals surface area contributed by atoms with Gasteiger partial charge >= 0.3 is 0 Å². The molecule has 5 nitrogen and oxygen atoms in total. The van der Waals surface area contributed by atoms with Gasteiger partial charge in [-0.2, -0.15) is 0 Å². The fraction of sp³-hybridized carbons (Fsp3) is 0.150. The summed E-state index contributed by atoms with van der Waals surface area (Å²) < 4.78 is 12.9. The Morgan fingerprint density at radius 2 is 1.78 bits per heavy atom. The first kappa shape index (κ1) is 18.7. The van der Waals surface area contributed by atoms with Crippen LogP contribution in [0.5, 0.6) is 0 Å². The van der Waals surface area contributed by atoms with Gasteiger partial charge in [0.1, 0.15) is 5.82 Å². The molecule has 0 aliphatic rings. The van der Waals surface area contributed by atoms with E-state index in [4.69, 9.17) is 0 Å². The molecule has 1 heterocycles. The van der Waals surface area contributed by atoms with Gasteiger partial charge in [0.2, 0.25) is 5.91 Å². The van der Waals surface area contributed by atoms with E-state index in [9.17, 15) is 14.0 Å². The van der Waals surface area contributed by atoms with Crippen LogP contribution >= 0.6 is 11.3 Å². The van der Waals surface area contributed by atoms with Crippen LogP contribution in [0.25, 0.3) is 0 Å². The van der Waals surface area contributed by atoms with E-state index in [0.29, 0.717) is 16.4 Å². The molecule has 3 rings (SSSR count). The van der Waals surface area contributed by atoms with Crippen LogP contribution in [0.4, 0.5) is 15.2 Å². The van der Waals surface area contributed by atoms with Gasteiger partial charge in [0, 0.05) is 16.6 Å². The van der Waals surface area contributed by atoms with E-state index < -0.39 is 5.82 Å². The first-order valence-electron chi connectivity index (χ1n) is 8.29. The molecule has 2 N–H and O–H groups in total. The Labute approximate surface area is 160 Å². The number of aromatic nitrogens is 1. The van der Waals surface area contributed by atoms with Crippen LogP contribution in [0, 0.1) is 19.7 Å². The first-order chi connectivity index (χ1) is 12.9. The maximum Gasteiger partial charge on any atom is 0.257 e. The number of aryl methyl sites for hydroxylation is 2. The van der Waals surface area contributed by atoms with E-state index in [-0.39, 0.29) is 18.2 Å². The van der Waals surface area contributed by atoms with Crippen molar-refractivity contribution in [2.24, 2.45) is 0 Å². The molecule has 138 valence electrons. The van der Waals surface area contributed by atoms with Gasteiger partial charge in [0.15, 0.2) is 5.13 Å².